The molecule has 0 spiro atoms. The van der Waals surface area contributed by atoms with Gasteiger partial charge in [-0.3, -0.25) is 4.79 Å². The molecule has 0 radical (unpaired) electrons. The number of para-hydroxylation sites is 1. The lowest BCUT2D eigenvalue weighted by molar-refractivity contribution is -0.116. The molecule has 2 aromatic carbocycles. The number of aryl methyl sites for hydroxylation is 2. The van der Waals surface area contributed by atoms with Gasteiger partial charge < -0.3 is 19.4 Å². The van der Waals surface area contributed by atoms with E-state index >= 15 is 0 Å². The van der Waals surface area contributed by atoms with Gasteiger partial charge in [-0.15, -0.1) is 0 Å². The number of methoxy groups -OCH3 is 2. The number of rotatable bonds is 7. The second-order valence-electron chi connectivity index (χ2n) is 6.29. The number of hydrogen-bond acceptors (Lipinski definition) is 3. The Balaban J connectivity index is 1.73. The molecule has 3 aromatic rings. The van der Waals surface area contributed by atoms with Gasteiger partial charge in [-0.1, -0.05) is 18.2 Å². The lowest BCUT2D eigenvalue weighted by Gasteiger charge is -2.15. The summed E-state index contributed by atoms with van der Waals surface area (Å²) >= 11 is 0. The first kappa shape index (κ1) is 18.6. The van der Waals surface area contributed by atoms with E-state index in [0.29, 0.717) is 24.3 Å². The van der Waals surface area contributed by atoms with Gasteiger partial charge in [0.05, 0.1) is 25.6 Å². The average Bonchev–Trinajstić information content (AvgIpc) is 3.21. The van der Waals surface area contributed by atoms with Gasteiger partial charge in [0.15, 0.2) is 0 Å². The normalized spacial score (nSPS) is 10.5. The number of nitrogens with zero attached hydrogens (tertiary/aromatic N) is 1. The summed E-state index contributed by atoms with van der Waals surface area (Å²) in [7, 11) is 3.24. The Labute approximate surface area is 159 Å². The lowest BCUT2D eigenvalue weighted by atomic mass is 10.1. The molecule has 3 rings (SSSR count). The largest absolute Gasteiger partial charge is 0.496 e. The third kappa shape index (κ3) is 4.31. The zero-order chi connectivity index (χ0) is 19.2. The first-order valence-electron chi connectivity index (χ1n) is 8.86. The van der Waals surface area contributed by atoms with Crippen molar-refractivity contribution in [3.05, 3.63) is 72.1 Å². The highest BCUT2D eigenvalue weighted by molar-refractivity contribution is 5.93. The minimum absolute atomic E-state index is 0.0627. The van der Waals surface area contributed by atoms with Crippen LogP contribution >= 0.6 is 0 Å². The number of nitrogens with one attached hydrogen (secondary N) is 1. The molecule has 0 aliphatic carbocycles. The highest BCUT2D eigenvalue weighted by Crippen LogP contribution is 2.30. The molecule has 5 heteroatoms. The first-order chi connectivity index (χ1) is 13.1. The Kier molecular flexibility index (Phi) is 5.81. The minimum Gasteiger partial charge on any atom is -0.496 e. The van der Waals surface area contributed by atoms with Crippen molar-refractivity contribution in [2.45, 2.75) is 19.8 Å². The van der Waals surface area contributed by atoms with Crippen LogP contribution in [-0.2, 0) is 11.2 Å². The van der Waals surface area contributed by atoms with Gasteiger partial charge in [-0.25, -0.2) is 0 Å². The van der Waals surface area contributed by atoms with Gasteiger partial charge >= 0.3 is 0 Å². The van der Waals surface area contributed by atoms with Crippen molar-refractivity contribution >= 4 is 11.6 Å². The summed E-state index contributed by atoms with van der Waals surface area (Å²) in [4.78, 5) is 12.5. The van der Waals surface area contributed by atoms with Crippen molar-refractivity contribution in [1.82, 2.24) is 4.57 Å². The summed E-state index contributed by atoms with van der Waals surface area (Å²) in [6.45, 7) is 2.01. The van der Waals surface area contributed by atoms with Crippen LogP contribution in [0.3, 0.4) is 0 Å². The fraction of sp³-hybridized carbons (Fsp3) is 0.227. The smallest absolute Gasteiger partial charge is 0.224 e. The monoisotopic (exact) mass is 364 g/mol. The predicted molar refractivity (Wildman–Crippen MR) is 107 cm³/mol. The molecule has 1 N–H and O–H groups in total. The summed E-state index contributed by atoms with van der Waals surface area (Å²) < 4.78 is 12.9. The van der Waals surface area contributed by atoms with E-state index in [1.54, 1.807) is 14.2 Å². The van der Waals surface area contributed by atoms with Crippen LogP contribution in [0.25, 0.3) is 5.69 Å². The summed E-state index contributed by atoms with van der Waals surface area (Å²) in [5.74, 6) is 1.37. The second kappa shape index (κ2) is 8.45. The molecule has 0 saturated heterocycles. The van der Waals surface area contributed by atoms with Gasteiger partial charge in [-0.2, -0.15) is 0 Å². The molecule has 0 atom stereocenters. The van der Waals surface area contributed by atoms with E-state index in [1.165, 1.54) is 0 Å². The molecule has 1 aromatic heterocycles. The van der Waals surface area contributed by atoms with Crippen LogP contribution in [-0.4, -0.2) is 24.7 Å². The van der Waals surface area contributed by atoms with Gasteiger partial charge in [0.2, 0.25) is 5.91 Å². The van der Waals surface area contributed by atoms with E-state index in [4.69, 9.17) is 9.47 Å². The summed E-state index contributed by atoms with van der Waals surface area (Å²) in [5.41, 5.74) is 3.76. The van der Waals surface area contributed by atoms with E-state index in [0.717, 1.165) is 22.6 Å². The highest BCUT2D eigenvalue weighted by atomic mass is 16.5. The fourth-order valence-electron chi connectivity index (χ4n) is 3.09. The maximum Gasteiger partial charge on any atom is 0.224 e. The Morgan fingerprint density at radius 3 is 2.41 bits per heavy atom. The van der Waals surface area contributed by atoms with Gasteiger partial charge in [0, 0.05) is 24.9 Å². The van der Waals surface area contributed by atoms with E-state index in [2.05, 4.69) is 5.32 Å². The molecule has 0 fully saturated rings. The van der Waals surface area contributed by atoms with Crippen molar-refractivity contribution in [2.24, 2.45) is 0 Å². The van der Waals surface area contributed by atoms with Crippen LogP contribution in [0, 0.1) is 6.92 Å². The molecule has 0 unspecified atom stereocenters. The molecule has 0 saturated carbocycles. The van der Waals surface area contributed by atoms with Crippen molar-refractivity contribution < 1.29 is 14.3 Å². The number of aromatic nitrogens is 1. The van der Waals surface area contributed by atoms with Crippen LogP contribution in [0.15, 0.2) is 60.9 Å². The maximum atomic E-state index is 12.5. The number of anilines is 1. The molecule has 0 aliphatic rings. The average molecular weight is 364 g/mol. The van der Waals surface area contributed by atoms with Crippen molar-refractivity contribution in [2.75, 3.05) is 19.5 Å². The van der Waals surface area contributed by atoms with Crippen LogP contribution in [0.1, 0.15) is 17.5 Å². The van der Waals surface area contributed by atoms with Gasteiger partial charge in [-0.05, 0) is 48.7 Å². The standard InChI is InChI=1S/C22H24N2O3/c1-16-14-18(21(27-3)15-19(16)24-12-6-7-13-24)23-22(25)11-10-17-8-4-5-9-20(17)26-2/h4-9,12-15H,10-11H2,1-3H3,(H,23,25). The number of carbonyl (C=O) groups excluding carboxylic acids is 1. The topological polar surface area (TPSA) is 52.5 Å². The molecule has 1 amide bonds. The van der Waals surface area contributed by atoms with Crippen LogP contribution in [0.4, 0.5) is 5.69 Å². The number of carbonyl (C=O) groups is 1. The van der Waals surface area contributed by atoms with E-state index in [9.17, 15) is 4.79 Å². The molecule has 0 aliphatic heterocycles. The Bertz CT molecular complexity index is 917. The quantitative estimate of drug-likeness (QED) is 0.677. The third-order valence-electron chi connectivity index (χ3n) is 4.49. The zero-order valence-corrected chi connectivity index (χ0v) is 15.9. The number of benzene rings is 2. The number of ether oxygens (including phenoxy) is 2. The fourth-order valence-corrected chi connectivity index (χ4v) is 3.09. The van der Waals surface area contributed by atoms with Crippen molar-refractivity contribution in [3.63, 3.8) is 0 Å². The predicted octanol–water partition coefficient (Wildman–Crippen LogP) is 4.37. The summed E-state index contributed by atoms with van der Waals surface area (Å²) in [5, 5.41) is 2.97. The Morgan fingerprint density at radius 2 is 1.70 bits per heavy atom. The van der Waals surface area contributed by atoms with Crippen LogP contribution in [0.5, 0.6) is 11.5 Å². The van der Waals surface area contributed by atoms with Crippen molar-refractivity contribution in [1.29, 1.82) is 0 Å². The Morgan fingerprint density at radius 1 is 1.00 bits per heavy atom. The molecular formula is C22H24N2O3. The summed E-state index contributed by atoms with van der Waals surface area (Å²) in [6, 6.07) is 15.6. The molecule has 27 heavy (non-hydrogen) atoms. The van der Waals surface area contributed by atoms with Gasteiger partial charge in [0.25, 0.3) is 0 Å². The van der Waals surface area contributed by atoms with Crippen molar-refractivity contribution in [3.8, 4) is 17.2 Å². The zero-order valence-electron chi connectivity index (χ0n) is 15.9. The van der Waals surface area contributed by atoms with Crippen LogP contribution < -0.4 is 14.8 Å². The second-order valence-corrected chi connectivity index (χ2v) is 6.29. The first-order valence-corrected chi connectivity index (χ1v) is 8.86. The number of hydrogen-bond donors (Lipinski definition) is 1. The minimum atomic E-state index is -0.0627. The number of amides is 1. The SMILES string of the molecule is COc1ccccc1CCC(=O)Nc1cc(C)c(-n2cccc2)cc1OC. The maximum absolute atomic E-state index is 12.5. The third-order valence-corrected chi connectivity index (χ3v) is 4.49. The summed E-state index contributed by atoms with van der Waals surface area (Å²) in [6.07, 6.45) is 4.93. The molecule has 5 nitrogen and oxygen atoms in total. The molecule has 1 heterocycles. The highest BCUT2D eigenvalue weighted by Gasteiger charge is 2.13. The Hall–Kier alpha value is -3.21. The molecule has 0 bridgehead atoms. The molecular weight excluding hydrogens is 340 g/mol. The van der Waals surface area contributed by atoms with Crippen LogP contribution in [0.2, 0.25) is 0 Å². The van der Waals surface area contributed by atoms with Gasteiger partial charge in [0.1, 0.15) is 11.5 Å². The lowest BCUT2D eigenvalue weighted by Crippen LogP contribution is -2.14. The van der Waals surface area contributed by atoms with E-state index in [1.807, 2.05) is 72.4 Å². The molecule has 140 valence electrons. The van der Waals surface area contributed by atoms with E-state index in [-0.39, 0.29) is 5.91 Å². The van der Waals surface area contributed by atoms with E-state index < -0.39 is 0 Å².